The van der Waals surface area contributed by atoms with Crippen molar-refractivity contribution < 1.29 is 24.2 Å². The molecule has 1 N–H and O–H groups in total. The zero-order valence-electron chi connectivity index (χ0n) is 20.2. The molecule has 3 heterocycles. The summed E-state index contributed by atoms with van der Waals surface area (Å²) in [5, 5.41) is 9.15. The molecular formula is C25H35N3O5. The summed E-state index contributed by atoms with van der Waals surface area (Å²) in [5.41, 5.74) is 0.542. The molecule has 1 amide bonds. The van der Waals surface area contributed by atoms with Gasteiger partial charge in [0.2, 0.25) is 0 Å². The predicted octanol–water partition coefficient (Wildman–Crippen LogP) is 4.50. The molecule has 0 bridgehead atoms. The maximum absolute atomic E-state index is 13.0. The van der Waals surface area contributed by atoms with Crippen molar-refractivity contribution >= 4 is 12.1 Å². The van der Waals surface area contributed by atoms with Gasteiger partial charge >= 0.3 is 12.1 Å². The minimum atomic E-state index is -0.948. The summed E-state index contributed by atoms with van der Waals surface area (Å²) in [6, 6.07) is 3.88. The van der Waals surface area contributed by atoms with E-state index in [2.05, 4.69) is 30.7 Å². The number of pyridine rings is 1. The Morgan fingerprint density at radius 2 is 1.94 bits per heavy atom. The van der Waals surface area contributed by atoms with Gasteiger partial charge in [0, 0.05) is 49.4 Å². The lowest BCUT2D eigenvalue weighted by Crippen LogP contribution is -2.54. The van der Waals surface area contributed by atoms with E-state index in [1.165, 1.54) is 4.90 Å². The van der Waals surface area contributed by atoms with Gasteiger partial charge in [0.15, 0.2) is 5.72 Å². The number of ether oxygens (including phenoxy) is 2. The number of nitrogens with zero attached hydrogens (tertiary/aromatic N) is 3. The molecule has 0 aliphatic carbocycles. The van der Waals surface area contributed by atoms with E-state index in [0.717, 1.165) is 11.1 Å². The van der Waals surface area contributed by atoms with E-state index < -0.39 is 11.8 Å². The predicted molar refractivity (Wildman–Crippen MR) is 124 cm³/mol. The third-order valence-electron chi connectivity index (χ3n) is 6.14. The lowest BCUT2D eigenvalue weighted by molar-refractivity contribution is -0.150. The monoisotopic (exact) mass is 457 g/mol. The molecule has 1 saturated heterocycles. The van der Waals surface area contributed by atoms with Crippen LogP contribution in [-0.4, -0.2) is 57.2 Å². The van der Waals surface area contributed by atoms with Gasteiger partial charge < -0.3 is 24.4 Å². The van der Waals surface area contributed by atoms with E-state index in [1.54, 1.807) is 12.4 Å². The van der Waals surface area contributed by atoms with Gasteiger partial charge in [-0.05, 0) is 64.7 Å². The van der Waals surface area contributed by atoms with Crippen LogP contribution in [0.15, 0.2) is 48.1 Å². The van der Waals surface area contributed by atoms with Crippen molar-refractivity contribution in [3.8, 4) is 0 Å². The van der Waals surface area contributed by atoms with E-state index >= 15 is 0 Å². The first-order valence-corrected chi connectivity index (χ1v) is 11.6. The Bertz CT molecular complexity index is 914. The van der Waals surface area contributed by atoms with Gasteiger partial charge in [-0.3, -0.25) is 9.78 Å². The second-order valence-electron chi connectivity index (χ2n) is 9.39. The largest absolute Gasteiger partial charge is 0.465 e. The number of carbonyl (C=O) groups excluding carboxylic acids is 1. The van der Waals surface area contributed by atoms with Gasteiger partial charge in [0.05, 0.1) is 5.92 Å². The molecule has 1 aromatic heterocycles. The molecule has 0 spiro atoms. The SMILES string of the molecule is CCOC1(c2cccnc2)C=C(CC)C(OC(=O)C2CCN(C(=O)O)CC2)=CN1C(C)(C)C. The Kier molecular flexibility index (Phi) is 7.47. The number of rotatable bonds is 6. The first-order chi connectivity index (χ1) is 15.6. The fourth-order valence-electron chi connectivity index (χ4n) is 4.44. The Morgan fingerprint density at radius 3 is 2.45 bits per heavy atom. The van der Waals surface area contributed by atoms with Gasteiger partial charge in [0.1, 0.15) is 5.76 Å². The van der Waals surface area contributed by atoms with Crippen LogP contribution in [0.3, 0.4) is 0 Å². The summed E-state index contributed by atoms with van der Waals surface area (Å²) < 4.78 is 12.3. The minimum absolute atomic E-state index is 0.315. The van der Waals surface area contributed by atoms with Crippen molar-refractivity contribution in [1.29, 1.82) is 0 Å². The third-order valence-corrected chi connectivity index (χ3v) is 6.14. The van der Waals surface area contributed by atoms with Crippen molar-refractivity contribution in [3.63, 3.8) is 0 Å². The van der Waals surface area contributed by atoms with Crippen molar-refractivity contribution in [2.45, 2.75) is 65.1 Å². The number of allylic oxidation sites excluding steroid dienone is 1. The number of amides is 1. The Morgan fingerprint density at radius 1 is 1.24 bits per heavy atom. The number of hydrogen-bond donors (Lipinski definition) is 1. The molecule has 0 aromatic carbocycles. The van der Waals surface area contributed by atoms with E-state index in [4.69, 9.17) is 14.6 Å². The van der Waals surface area contributed by atoms with Crippen LogP contribution < -0.4 is 0 Å². The van der Waals surface area contributed by atoms with Crippen molar-refractivity contribution in [2.24, 2.45) is 5.92 Å². The summed E-state index contributed by atoms with van der Waals surface area (Å²) in [6.07, 6.45) is 8.09. The van der Waals surface area contributed by atoms with Crippen LogP contribution in [-0.2, 0) is 20.0 Å². The normalized spacial score (nSPS) is 22.0. The van der Waals surface area contributed by atoms with Crippen LogP contribution in [0, 0.1) is 5.92 Å². The average molecular weight is 458 g/mol. The highest BCUT2D eigenvalue weighted by Crippen LogP contribution is 2.43. The molecule has 1 atom stereocenters. The van der Waals surface area contributed by atoms with Gasteiger partial charge in [0.25, 0.3) is 0 Å². The molecule has 8 nitrogen and oxygen atoms in total. The van der Waals surface area contributed by atoms with Crippen LogP contribution in [0.4, 0.5) is 4.79 Å². The van der Waals surface area contributed by atoms with E-state index in [-0.39, 0.29) is 17.4 Å². The van der Waals surface area contributed by atoms with E-state index in [9.17, 15) is 9.59 Å². The van der Waals surface area contributed by atoms with Gasteiger partial charge in [-0.25, -0.2) is 4.79 Å². The molecule has 8 heteroatoms. The number of hydrogen-bond acceptors (Lipinski definition) is 6. The fourth-order valence-corrected chi connectivity index (χ4v) is 4.44. The molecule has 2 aliphatic heterocycles. The maximum atomic E-state index is 13.0. The number of aromatic nitrogens is 1. The summed E-state index contributed by atoms with van der Waals surface area (Å²) >= 11 is 0. The number of likely N-dealkylation sites (tertiary alicyclic amines) is 1. The quantitative estimate of drug-likeness (QED) is 0.629. The van der Waals surface area contributed by atoms with Crippen molar-refractivity contribution in [1.82, 2.24) is 14.8 Å². The van der Waals surface area contributed by atoms with Gasteiger partial charge in [-0.2, -0.15) is 0 Å². The number of esters is 1. The number of piperidine rings is 1. The zero-order valence-corrected chi connectivity index (χ0v) is 20.2. The maximum Gasteiger partial charge on any atom is 0.407 e. The fraction of sp³-hybridized carbons (Fsp3) is 0.560. The first kappa shape index (κ1) is 24.8. The van der Waals surface area contributed by atoms with Gasteiger partial charge in [-0.15, -0.1) is 0 Å². The molecule has 0 saturated carbocycles. The van der Waals surface area contributed by atoms with Crippen LogP contribution >= 0.6 is 0 Å². The van der Waals surface area contributed by atoms with Crippen LogP contribution in [0.5, 0.6) is 0 Å². The molecule has 1 unspecified atom stereocenters. The smallest absolute Gasteiger partial charge is 0.407 e. The highest BCUT2D eigenvalue weighted by molar-refractivity contribution is 5.75. The topological polar surface area (TPSA) is 92.2 Å². The number of carboxylic acid groups (broad SMARTS) is 1. The molecule has 0 radical (unpaired) electrons. The first-order valence-electron chi connectivity index (χ1n) is 11.6. The molecule has 180 valence electrons. The minimum Gasteiger partial charge on any atom is -0.465 e. The van der Waals surface area contributed by atoms with Crippen molar-refractivity contribution in [2.75, 3.05) is 19.7 Å². The summed E-state index contributed by atoms with van der Waals surface area (Å²) in [5.74, 6) is -0.123. The molecular weight excluding hydrogens is 422 g/mol. The highest BCUT2D eigenvalue weighted by atomic mass is 16.5. The van der Waals surface area contributed by atoms with E-state index in [0.29, 0.717) is 44.7 Å². The van der Waals surface area contributed by atoms with Crippen molar-refractivity contribution in [3.05, 3.63) is 53.7 Å². The molecule has 3 rings (SSSR count). The Labute approximate surface area is 195 Å². The second-order valence-corrected chi connectivity index (χ2v) is 9.39. The van der Waals surface area contributed by atoms with Crippen LogP contribution in [0.25, 0.3) is 0 Å². The van der Waals surface area contributed by atoms with Gasteiger partial charge in [-0.1, -0.05) is 13.0 Å². The van der Waals surface area contributed by atoms with E-state index in [1.807, 2.05) is 38.3 Å². The number of carbonyl (C=O) groups is 2. The summed E-state index contributed by atoms with van der Waals surface area (Å²) in [4.78, 5) is 31.9. The third kappa shape index (κ3) is 5.21. The molecule has 1 fully saturated rings. The lowest BCUT2D eigenvalue weighted by Gasteiger charge is -2.50. The zero-order chi connectivity index (χ0) is 24.2. The Balaban J connectivity index is 1.93. The van der Waals surface area contributed by atoms with Crippen LogP contribution in [0.1, 0.15) is 59.4 Å². The lowest BCUT2D eigenvalue weighted by atomic mass is 9.89. The molecule has 1 aromatic rings. The standard InChI is InChI=1S/C25H35N3O5/c1-6-18-15-25(32-7-2,20-9-8-12-26-16-20)28(24(3,4)5)17-21(18)33-22(29)19-10-13-27(14-11-19)23(30)31/h8-9,12,15-17,19H,6-7,10-11,13-14H2,1-5H3,(H,30,31). The molecule has 33 heavy (non-hydrogen) atoms. The summed E-state index contributed by atoms with van der Waals surface area (Å²) in [6.45, 7) is 11.4. The Hall–Kier alpha value is -2.87. The van der Waals surface area contributed by atoms with Crippen LogP contribution in [0.2, 0.25) is 0 Å². The summed E-state index contributed by atoms with van der Waals surface area (Å²) in [7, 11) is 0. The average Bonchev–Trinajstić information content (AvgIpc) is 2.79. The molecule has 2 aliphatic rings. The second kappa shape index (κ2) is 9.95. The highest BCUT2D eigenvalue weighted by Gasteiger charge is 2.45.